The van der Waals surface area contributed by atoms with Crippen molar-refractivity contribution in [1.29, 1.82) is 0 Å². The van der Waals surface area contributed by atoms with Crippen molar-refractivity contribution in [2.24, 2.45) is 0 Å². The second-order valence-electron chi connectivity index (χ2n) is 4.32. The number of aromatic nitrogens is 1. The Balaban J connectivity index is 2.16. The maximum Gasteiger partial charge on any atom is 0.338 e. The van der Waals surface area contributed by atoms with Crippen LogP contribution in [0, 0.1) is 5.82 Å². The summed E-state index contributed by atoms with van der Waals surface area (Å²) in [4.78, 5) is 16.3. The molecule has 1 aromatic rings. The summed E-state index contributed by atoms with van der Waals surface area (Å²) in [6, 6.07) is 1.15. The zero-order valence-electron chi connectivity index (χ0n) is 10.1. The maximum atomic E-state index is 13.9. The zero-order valence-corrected chi connectivity index (χ0v) is 10.1. The summed E-state index contributed by atoms with van der Waals surface area (Å²) < 4.78 is 19.4. The number of hydrogen-bond acceptors (Lipinski definition) is 4. The van der Waals surface area contributed by atoms with E-state index in [9.17, 15) is 9.18 Å². The lowest BCUT2D eigenvalue weighted by molar-refractivity contribution is 0.0692. The Morgan fingerprint density at radius 2 is 2.50 bits per heavy atom. The molecule has 1 aromatic heterocycles. The predicted molar refractivity (Wildman–Crippen MR) is 63.4 cm³/mol. The van der Waals surface area contributed by atoms with E-state index in [0.29, 0.717) is 6.54 Å². The lowest BCUT2D eigenvalue weighted by Crippen LogP contribution is -2.30. The van der Waals surface area contributed by atoms with Crippen molar-refractivity contribution in [3.8, 4) is 0 Å². The molecule has 1 N–H and O–H groups in total. The van der Waals surface area contributed by atoms with Crippen molar-refractivity contribution in [2.45, 2.75) is 18.9 Å². The van der Waals surface area contributed by atoms with Crippen LogP contribution in [0.4, 0.5) is 10.2 Å². The van der Waals surface area contributed by atoms with Gasteiger partial charge in [0.25, 0.3) is 0 Å². The SMILES string of the molecule is CN(CC1CCCO1)c1nccc(C(=O)O)c1F. The van der Waals surface area contributed by atoms with E-state index in [1.54, 1.807) is 11.9 Å². The monoisotopic (exact) mass is 254 g/mol. The molecular weight excluding hydrogens is 239 g/mol. The number of pyridine rings is 1. The predicted octanol–water partition coefficient (Wildman–Crippen LogP) is 1.53. The van der Waals surface area contributed by atoms with Crippen LogP contribution in [0.3, 0.4) is 0 Å². The molecule has 0 radical (unpaired) electrons. The summed E-state index contributed by atoms with van der Waals surface area (Å²) in [5.74, 6) is -2.04. The van der Waals surface area contributed by atoms with Gasteiger partial charge < -0.3 is 14.7 Å². The highest BCUT2D eigenvalue weighted by atomic mass is 19.1. The number of hydrogen-bond donors (Lipinski definition) is 1. The van der Waals surface area contributed by atoms with E-state index < -0.39 is 11.8 Å². The molecular formula is C12H15FN2O3. The van der Waals surface area contributed by atoms with Gasteiger partial charge in [0.15, 0.2) is 11.6 Å². The number of carboxylic acid groups (broad SMARTS) is 1. The van der Waals surface area contributed by atoms with Gasteiger partial charge in [0.05, 0.1) is 6.10 Å². The van der Waals surface area contributed by atoms with Gasteiger partial charge in [-0.25, -0.2) is 14.2 Å². The number of anilines is 1. The van der Waals surface area contributed by atoms with Crippen LogP contribution in [0.1, 0.15) is 23.2 Å². The molecule has 1 atom stereocenters. The molecule has 0 amide bonds. The van der Waals surface area contributed by atoms with Crippen LogP contribution in [0.5, 0.6) is 0 Å². The van der Waals surface area contributed by atoms with E-state index in [1.807, 2.05) is 0 Å². The van der Waals surface area contributed by atoms with Crippen molar-refractivity contribution in [1.82, 2.24) is 4.98 Å². The van der Waals surface area contributed by atoms with Crippen LogP contribution < -0.4 is 4.90 Å². The number of rotatable bonds is 4. The largest absolute Gasteiger partial charge is 0.478 e. The molecule has 0 saturated carbocycles. The van der Waals surface area contributed by atoms with Gasteiger partial charge in [-0.1, -0.05) is 0 Å². The van der Waals surface area contributed by atoms with Crippen LogP contribution >= 0.6 is 0 Å². The number of ether oxygens (including phenoxy) is 1. The molecule has 18 heavy (non-hydrogen) atoms. The highest BCUT2D eigenvalue weighted by Crippen LogP contribution is 2.21. The van der Waals surface area contributed by atoms with Gasteiger partial charge in [-0.3, -0.25) is 0 Å². The normalized spacial score (nSPS) is 18.9. The fraction of sp³-hybridized carbons (Fsp3) is 0.500. The summed E-state index contributed by atoms with van der Waals surface area (Å²) in [5, 5.41) is 8.85. The highest BCUT2D eigenvalue weighted by molar-refractivity contribution is 5.88. The Bertz CT molecular complexity index is 447. The van der Waals surface area contributed by atoms with E-state index >= 15 is 0 Å². The van der Waals surface area contributed by atoms with Crippen molar-refractivity contribution >= 4 is 11.8 Å². The topological polar surface area (TPSA) is 62.7 Å². The first-order valence-corrected chi connectivity index (χ1v) is 5.80. The van der Waals surface area contributed by atoms with Crippen molar-refractivity contribution in [3.05, 3.63) is 23.6 Å². The summed E-state index contributed by atoms with van der Waals surface area (Å²) in [7, 11) is 1.68. The number of carboxylic acids is 1. The quantitative estimate of drug-likeness (QED) is 0.883. The van der Waals surface area contributed by atoms with Gasteiger partial charge in [0, 0.05) is 26.4 Å². The average molecular weight is 254 g/mol. The molecule has 1 unspecified atom stereocenters. The minimum Gasteiger partial charge on any atom is -0.478 e. The number of likely N-dealkylation sites (N-methyl/N-ethyl adjacent to an activating group) is 1. The molecule has 0 aliphatic carbocycles. The highest BCUT2D eigenvalue weighted by Gasteiger charge is 2.22. The molecule has 6 heteroatoms. The molecule has 1 aliphatic heterocycles. The molecule has 0 aromatic carbocycles. The lowest BCUT2D eigenvalue weighted by Gasteiger charge is -2.22. The van der Waals surface area contributed by atoms with E-state index in [-0.39, 0.29) is 17.5 Å². The van der Waals surface area contributed by atoms with Crippen molar-refractivity contribution in [3.63, 3.8) is 0 Å². The van der Waals surface area contributed by atoms with Gasteiger partial charge in [-0.05, 0) is 18.9 Å². The summed E-state index contributed by atoms with van der Waals surface area (Å²) >= 11 is 0. The fourth-order valence-corrected chi connectivity index (χ4v) is 2.04. The first-order valence-electron chi connectivity index (χ1n) is 5.80. The van der Waals surface area contributed by atoms with Gasteiger partial charge in [0.1, 0.15) is 5.56 Å². The number of carbonyl (C=O) groups is 1. The molecule has 2 rings (SSSR count). The Hall–Kier alpha value is -1.69. The van der Waals surface area contributed by atoms with Crippen LogP contribution in [0.25, 0.3) is 0 Å². The van der Waals surface area contributed by atoms with Crippen LogP contribution in [0.15, 0.2) is 12.3 Å². The number of nitrogens with zero attached hydrogens (tertiary/aromatic N) is 2. The Morgan fingerprint density at radius 1 is 1.72 bits per heavy atom. The second-order valence-corrected chi connectivity index (χ2v) is 4.32. The molecule has 0 bridgehead atoms. The summed E-state index contributed by atoms with van der Waals surface area (Å²) in [5.41, 5.74) is -0.362. The molecule has 1 fully saturated rings. The van der Waals surface area contributed by atoms with Gasteiger partial charge in [0.2, 0.25) is 0 Å². The minimum atomic E-state index is -1.29. The summed E-state index contributed by atoms with van der Waals surface area (Å²) in [6.07, 6.45) is 3.30. The Labute approximate surface area is 104 Å². The van der Waals surface area contributed by atoms with Gasteiger partial charge >= 0.3 is 5.97 Å². The third kappa shape index (κ3) is 2.59. The lowest BCUT2D eigenvalue weighted by atomic mass is 10.2. The average Bonchev–Trinajstić information content (AvgIpc) is 2.81. The third-order valence-corrected chi connectivity index (χ3v) is 2.96. The third-order valence-electron chi connectivity index (χ3n) is 2.96. The van der Waals surface area contributed by atoms with E-state index in [1.165, 1.54) is 6.20 Å². The van der Waals surface area contributed by atoms with Crippen LogP contribution in [-0.4, -0.2) is 42.4 Å². The standard InChI is InChI=1S/C12H15FN2O3/c1-15(7-8-3-2-6-18-8)11-10(13)9(12(16)17)4-5-14-11/h4-5,8H,2-3,6-7H2,1H3,(H,16,17). The first-order chi connectivity index (χ1) is 8.59. The number of halogens is 1. The smallest absolute Gasteiger partial charge is 0.338 e. The molecule has 98 valence electrons. The first kappa shape index (κ1) is 12.8. The van der Waals surface area contributed by atoms with E-state index in [0.717, 1.165) is 25.5 Å². The zero-order chi connectivity index (χ0) is 13.1. The molecule has 0 spiro atoms. The molecule has 1 saturated heterocycles. The van der Waals surface area contributed by atoms with Gasteiger partial charge in [-0.15, -0.1) is 0 Å². The van der Waals surface area contributed by atoms with E-state index in [2.05, 4.69) is 4.98 Å². The maximum absolute atomic E-state index is 13.9. The molecule has 1 aliphatic rings. The minimum absolute atomic E-state index is 0.0467. The van der Waals surface area contributed by atoms with Crippen molar-refractivity contribution in [2.75, 3.05) is 25.1 Å². The number of aromatic carboxylic acids is 1. The van der Waals surface area contributed by atoms with E-state index in [4.69, 9.17) is 9.84 Å². The van der Waals surface area contributed by atoms with Crippen LogP contribution in [-0.2, 0) is 4.74 Å². The van der Waals surface area contributed by atoms with Gasteiger partial charge in [-0.2, -0.15) is 0 Å². The fourth-order valence-electron chi connectivity index (χ4n) is 2.04. The van der Waals surface area contributed by atoms with Crippen LogP contribution in [0.2, 0.25) is 0 Å². The Kier molecular flexibility index (Phi) is 3.76. The second kappa shape index (κ2) is 5.30. The Morgan fingerprint density at radius 3 is 3.11 bits per heavy atom. The molecule has 2 heterocycles. The molecule has 5 nitrogen and oxygen atoms in total. The summed E-state index contributed by atoms with van der Waals surface area (Å²) in [6.45, 7) is 1.23. The van der Waals surface area contributed by atoms with Crippen molar-refractivity contribution < 1.29 is 19.0 Å².